The summed E-state index contributed by atoms with van der Waals surface area (Å²) in [4.78, 5) is 17.8. The number of hydrogen-bond acceptors (Lipinski definition) is 7. The van der Waals surface area contributed by atoms with Crippen LogP contribution >= 0.6 is 34.5 Å². The molecule has 0 unspecified atom stereocenters. The number of nitriles is 1. The van der Waals surface area contributed by atoms with Crippen molar-refractivity contribution >= 4 is 56.4 Å². The Morgan fingerprint density at radius 3 is 2.50 bits per heavy atom. The van der Waals surface area contributed by atoms with Gasteiger partial charge in [0.25, 0.3) is 0 Å². The Hall–Kier alpha value is -2.79. The average molecular weight is 427 g/mol. The van der Waals surface area contributed by atoms with Crippen LogP contribution in [-0.4, -0.2) is 19.9 Å². The third-order valence-corrected chi connectivity index (χ3v) is 5.59. The van der Waals surface area contributed by atoms with Crippen molar-refractivity contribution in [1.29, 1.82) is 5.26 Å². The van der Waals surface area contributed by atoms with Gasteiger partial charge in [-0.25, -0.2) is 19.9 Å². The van der Waals surface area contributed by atoms with Gasteiger partial charge in [-0.2, -0.15) is 5.26 Å². The van der Waals surface area contributed by atoms with Crippen molar-refractivity contribution in [3.8, 4) is 16.6 Å². The van der Waals surface area contributed by atoms with E-state index < -0.39 is 0 Å². The molecule has 28 heavy (non-hydrogen) atoms. The van der Waals surface area contributed by atoms with Gasteiger partial charge in [-0.05, 0) is 32.0 Å². The van der Waals surface area contributed by atoms with Crippen LogP contribution in [0, 0.1) is 25.2 Å². The molecule has 0 radical (unpaired) electrons. The van der Waals surface area contributed by atoms with Gasteiger partial charge in [0.15, 0.2) is 5.82 Å². The topological polar surface area (TPSA) is 87.4 Å². The van der Waals surface area contributed by atoms with Gasteiger partial charge in [-0.1, -0.05) is 23.2 Å². The first kappa shape index (κ1) is 18.6. The van der Waals surface area contributed by atoms with Gasteiger partial charge in [0.2, 0.25) is 0 Å². The molecule has 138 valence electrons. The molecule has 4 rings (SSSR count). The van der Waals surface area contributed by atoms with Gasteiger partial charge in [-0.3, -0.25) is 0 Å². The normalized spacial score (nSPS) is 10.8. The number of hydrogen-bond donors (Lipinski definition) is 1. The van der Waals surface area contributed by atoms with Crippen LogP contribution in [0.1, 0.15) is 17.1 Å². The van der Waals surface area contributed by atoms with E-state index in [9.17, 15) is 0 Å². The standard InChI is InChI=1S/C19H12Cl2N6S/c1-9-5-15(25-10(2)24-9)27-18-17-14(3-4-23-18)26-19(28-17)16-12(20)6-11(8-22)7-13(16)21/h3-7H,1-2H3,(H,23,24,25,27). The van der Waals surface area contributed by atoms with Crippen molar-refractivity contribution in [3.63, 3.8) is 0 Å². The van der Waals surface area contributed by atoms with Crippen LogP contribution < -0.4 is 5.32 Å². The number of fused-ring (bicyclic) bond motifs is 1. The molecule has 0 aliphatic carbocycles. The summed E-state index contributed by atoms with van der Waals surface area (Å²) in [5.74, 6) is 1.98. The number of nitrogens with zero attached hydrogens (tertiary/aromatic N) is 5. The van der Waals surface area contributed by atoms with E-state index in [1.165, 1.54) is 11.3 Å². The van der Waals surface area contributed by atoms with Crippen LogP contribution in [0.3, 0.4) is 0 Å². The molecule has 6 nitrogen and oxygen atoms in total. The van der Waals surface area contributed by atoms with Crippen molar-refractivity contribution in [2.75, 3.05) is 5.32 Å². The summed E-state index contributed by atoms with van der Waals surface area (Å²) in [5, 5.41) is 13.7. The van der Waals surface area contributed by atoms with E-state index in [1.807, 2.05) is 32.0 Å². The van der Waals surface area contributed by atoms with Crippen LogP contribution in [0.15, 0.2) is 30.5 Å². The lowest BCUT2D eigenvalue weighted by Gasteiger charge is -2.06. The first-order valence-electron chi connectivity index (χ1n) is 8.19. The van der Waals surface area contributed by atoms with Crippen LogP contribution in [0.2, 0.25) is 10.0 Å². The fraction of sp³-hybridized carbons (Fsp3) is 0.105. The Labute approximate surface area is 174 Å². The first-order chi connectivity index (χ1) is 13.4. The Balaban J connectivity index is 1.81. The largest absolute Gasteiger partial charge is 0.324 e. The summed E-state index contributed by atoms with van der Waals surface area (Å²) < 4.78 is 0.850. The molecule has 1 aromatic carbocycles. The highest BCUT2D eigenvalue weighted by Gasteiger charge is 2.17. The van der Waals surface area contributed by atoms with Crippen LogP contribution in [-0.2, 0) is 0 Å². The third-order valence-electron chi connectivity index (χ3n) is 3.90. The smallest absolute Gasteiger partial charge is 0.151 e. The Morgan fingerprint density at radius 2 is 1.82 bits per heavy atom. The van der Waals surface area contributed by atoms with E-state index in [4.69, 9.17) is 28.5 Å². The Morgan fingerprint density at radius 1 is 1.07 bits per heavy atom. The van der Waals surface area contributed by atoms with E-state index >= 15 is 0 Å². The highest BCUT2D eigenvalue weighted by Crippen LogP contribution is 2.41. The number of aryl methyl sites for hydroxylation is 2. The van der Waals surface area contributed by atoms with Crippen LogP contribution in [0.4, 0.5) is 11.6 Å². The highest BCUT2D eigenvalue weighted by molar-refractivity contribution is 7.22. The van der Waals surface area contributed by atoms with E-state index in [-0.39, 0.29) is 0 Å². The number of anilines is 2. The number of thiazole rings is 1. The summed E-state index contributed by atoms with van der Waals surface area (Å²) in [6.07, 6.45) is 1.68. The average Bonchev–Trinajstić information content (AvgIpc) is 3.05. The minimum atomic E-state index is 0.382. The molecule has 1 N–H and O–H groups in total. The minimum Gasteiger partial charge on any atom is -0.324 e. The number of pyridine rings is 1. The Kier molecular flexibility index (Phi) is 4.85. The van der Waals surface area contributed by atoms with E-state index in [0.29, 0.717) is 43.6 Å². The van der Waals surface area contributed by atoms with Crippen LogP contribution in [0.5, 0.6) is 0 Å². The first-order valence-corrected chi connectivity index (χ1v) is 9.76. The van der Waals surface area contributed by atoms with Gasteiger partial charge in [-0.15, -0.1) is 11.3 Å². The summed E-state index contributed by atoms with van der Waals surface area (Å²) >= 11 is 14.1. The number of benzene rings is 1. The molecule has 0 spiro atoms. The molecule has 0 atom stereocenters. The lowest BCUT2D eigenvalue weighted by atomic mass is 10.1. The SMILES string of the molecule is Cc1cc(Nc2nccc3nc(-c4c(Cl)cc(C#N)cc4Cl)sc23)nc(C)n1. The molecule has 0 aliphatic rings. The summed E-state index contributed by atoms with van der Waals surface area (Å²) in [6, 6.07) is 8.88. The van der Waals surface area contributed by atoms with Crippen molar-refractivity contribution in [2.24, 2.45) is 0 Å². The molecule has 0 bridgehead atoms. The molecule has 3 heterocycles. The minimum absolute atomic E-state index is 0.382. The second-order valence-corrected chi connectivity index (χ2v) is 7.83. The van der Waals surface area contributed by atoms with Crippen molar-refractivity contribution in [3.05, 3.63) is 57.6 Å². The number of halogens is 2. The predicted molar refractivity (Wildman–Crippen MR) is 112 cm³/mol. The Bertz CT molecular complexity index is 1220. The quantitative estimate of drug-likeness (QED) is 0.452. The predicted octanol–water partition coefficient (Wildman–Crippen LogP) is 5.69. The molecular weight excluding hydrogens is 415 g/mol. The van der Waals surface area contributed by atoms with Gasteiger partial charge in [0, 0.05) is 23.5 Å². The molecule has 0 saturated heterocycles. The zero-order valence-corrected chi connectivity index (χ0v) is 17.1. The van der Waals surface area contributed by atoms with E-state index in [1.54, 1.807) is 18.3 Å². The maximum Gasteiger partial charge on any atom is 0.151 e. The number of nitrogens with one attached hydrogen (secondary N) is 1. The summed E-state index contributed by atoms with van der Waals surface area (Å²) in [5.41, 5.74) is 2.63. The van der Waals surface area contributed by atoms with Gasteiger partial charge in [0.1, 0.15) is 16.6 Å². The van der Waals surface area contributed by atoms with Crippen molar-refractivity contribution in [1.82, 2.24) is 19.9 Å². The van der Waals surface area contributed by atoms with Gasteiger partial charge < -0.3 is 5.32 Å². The zero-order chi connectivity index (χ0) is 19.8. The summed E-state index contributed by atoms with van der Waals surface area (Å²) in [6.45, 7) is 3.75. The lowest BCUT2D eigenvalue weighted by molar-refractivity contribution is 1.01. The second kappa shape index (κ2) is 7.32. The molecule has 4 aromatic rings. The van der Waals surface area contributed by atoms with Gasteiger partial charge in [0.05, 0.1) is 31.9 Å². The zero-order valence-electron chi connectivity index (χ0n) is 14.8. The molecule has 3 aromatic heterocycles. The van der Waals surface area contributed by atoms with Gasteiger partial charge >= 0.3 is 0 Å². The van der Waals surface area contributed by atoms with Crippen LogP contribution in [0.25, 0.3) is 20.8 Å². The van der Waals surface area contributed by atoms with E-state index in [2.05, 4.69) is 25.3 Å². The maximum atomic E-state index is 9.07. The molecule has 0 fully saturated rings. The summed E-state index contributed by atoms with van der Waals surface area (Å²) in [7, 11) is 0. The molecule has 9 heteroatoms. The lowest BCUT2D eigenvalue weighted by Crippen LogP contribution is -2.00. The molecule has 0 aliphatic heterocycles. The monoisotopic (exact) mass is 426 g/mol. The number of aromatic nitrogens is 4. The maximum absolute atomic E-state index is 9.07. The molecular formula is C19H12Cl2N6S. The fourth-order valence-electron chi connectivity index (χ4n) is 2.80. The molecule has 0 saturated carbocycles. The highest BCUT2D eigenvalue weighted by atomic mass is 35.5. The third kappa shape index (κ3) is 3.50. The van der Waals surface area contributed by atoms with Crippen molar-refractivity contribution in [2.45, 2.75) is 13.8 Å². The second-order valence-electron chi connectivity index (χ2n) is 6.02. The van der Waals surface area contributed by atoms with Crippen molar-refractivity contribution < 1.29 is 0 Å². The fourth-order valence-corrected chi connectivity index (χ4v) is 4.65. The van der Waals surface area contributed by atoms with E-state index in [0.717, 1.165) is 15.9 Å². The number of rotatable bonds is 3. The molecule has 0 amide bonds.